The minimum absolute atomic E-state index is 0.0683. The molecule has 34 heavy (non-hydrogen) atoms. The number of carboxylic acid groups (broad SMARTS) is 1. The summed E-state index contributed by atoms with van der Waals surface area (Å²) in [5.41, 5.74) is 10.9. The SMILES string of the molecule is CCCCc1nc2cc(NC(=O)CN)ccc2n1Cc1ccc(-c2ccccc2C(=O)O)cc1. The molecule has 0 fully saturated rings. The standard InChI is InChI=1S/C27H28N4O3/c1-2-3-8-25-30-23-15-20(29-26(32)16-28)13-14-24(23)31(25)17-18-9-11-19(12-10-18)21-6-4-5-7-22(21)27(33)34/h4-7,9-15H,2-3,8,16-17,28H2,1H3,(H,29,32)(H,33,34). The molecule has 0 saturated carbocycles. The van der Waals surface area contributed by atoms with Crippen molar-refractivity contribution in [2.45, 2.75) is 32.7 Å². The highest BCUT2D eigenvalue weighted by molar-refractivity contribution is 5.96. The number of nitrogens with zero attached hydrogens (tertiary/aromatic N) is 2. The van der Waals surface area contributed by atoms with Crippen LogP contribution in [0.25, 0.3) is 22.2 Å². The Morgan fingerprint density at radius 2 is 1.82 bits per heavy atom. The number of aromatic nitrogens is 2. The number of hydrogen-bond donors (Lipinski definition) is 3. The Hall–Kier alpha value is -3.97. The number of carbonyl (C=O) groups excluding carboxylic acids is 1. The van der Waals surface area contributed by atoms with Gasteiger partial charge < -0.3 is 20.7 Å². The van der Waals surface area contributed by atoms with E-state index in [1.807, 2.05) is 54.6 Å². The number of hydrogen-bond acceptors (Lipinski definition) is 4. The average molecular weight is 457 g/mol. The minimum atomic E-state index is -0.938. The third kappa shape index (κ3) is 5.00. The van der Waals surface area contributed by atoms with Crippen molar-refractivity contribution < 1.29 is 14.7 Å². The Labute approximate surface area is 198 Å². The summed E-state index contributed by atoms with van der Waals surface area (Å²) in [6.45, 7) is 2.73. The van der Waals surface area contributed by atoms with Crippen LogP contribution >= 0.6 is 0 Å². The summed E-state index contributed by atoms with van der Waals surface area (Å²) in [7, 11) is 0. The molecule has 1 aromatic heterocycles. The first-order valence-corrected chi connectivity index (χ1v) is 11.4. The van der Waals surface area contributed by atoms with Crippen molar-refractivity contribution in [2.24, 2.45) is 5.73 Å². The Kier molecular flexibility index (Phi) is 7.04. The molecule has 174 valence electrons. The number of anilines is 1. The molecule has 1 heterocycles. The molecule has 1 amide bonds. The molecule has 0 aliphatic rings. The second kappa shape index (κ2) is 10.3. The monoisotopic (exact) mass is 456 g/mol. The number of imidazole rings is 1. The molecule has 0 bridgehead atoms. The molecule has 0 radical (unpaired) electrons. The van der Waals surface area contributed by atoms with E-state index in [0.29, 0.717) is 17.8 Å². The lowest BCUT2D eigenvalue weighted by molar-refractivity contribution is -0.114. The number of aromatic carboxylic acids is 1. The number of rotatable bonds is 9. The third-order valence-corrected chi connectivity index (χ3v) is 5.81. The number of unbranched alkanes of at least 4 members (excludes halogenated alkanes) is 1. The normalized spacial score (nSPS) is 11.0. The first-order chi connectivity index (χ1) is 16.5. The molecule has 4 aromatic rings. The number of amides is 1. The van der Waals surface area contributed by atoms with Crippen LogP contribution in [0.4, 0.5) is 5.69 Å². The maximum absolute atomic E-state index is 11.7. The van der Waals surface area contributed by atoms with Gasteiger partial charge in [0.2, 0.25) is 5.91 Å². The fraction of sp³-hybridized carbons (Fsp3) is 0.222. The lowest BCUT2D eigenvalue weighted by Gasteiger charge is -2.11. The molecule has 0 saturated heterocycles. The highest BCUT2D eigenvalue weighted by Gasteiger charge is 2.14. The Bertz CT molecular complexity index is 1330. The van der Waals surface area contributed by atoms with Crippen molar-refractivity contribution >= 4 is 28.6 Å². The molecule has 0 aliphatic carbocycles. The van der Waals surface area contributed by atoms with Crippen LogP contribution in [0, 0.1) is 0 Å². The van der Waals surface area contributed by atoms with E-state index in [1.165, 1.54) is 0 Å². The summed E-state index contributed by atoms with van der Waals surface area (Å²) in [5.74, 6) is -0.179. The number of carbonyl (C=O) groups is 2. The Balaban J connectivity index is 1.65. The van der Waals surface area contributed by atoms with Crippen molar-refractivity contribution in [1.29, 1.82) is 0 Å². The summed E-state index contributed by atoms with van der Waals surface area (Å²) in [4.78, 5) is 28.1. The van der Waals surface area contributed by atoms with Gasteiger partial charge in [-0.3, -0.25) is 4.79 Å². The van der Waals surface area contributed by atoms with Crippen LogP contribution < -0.4 is 11.1 Å². The number of nitrogens with two attached hydrogens (primary N) is 1. The van der Waals surface area contributed by atoms with E-state index in [2.05, 4.69) is 16.8 Å². The zero-order valence-electron chi connectivity index (χ0n) is 19.1. The molecular weight excluding hydrogens is 428 g/mol. The molecule has 0 aliphatic heterocycles. The maximum atomic E-state index is 11.7. The van der Waals surface area contributed by atoms with Crippen LogP contribution in [0.1, 0.15) is 41.5 Å². The molecular formula is C27H28N4O3. The minimum Gasteiger partial charge on any atom is -0.478 e. The van der Waals surface area contributed by atoms with Gasteiger partial charge in [-0.2, -0.15) is 0 Å². The fourth-order valence-electron chi connectivity index (χ4n) is 4.07. The number of benzene rings is 3. The second-order valence-corrected chi connectivity index (χ2v) is 8.22. The maximum Gasteiger partial charge on any atom is 0.336 e. The quantitative estimate of drug-likeness (QED) is 0.338. The van der Waals surface area contributed by atoms with Crippen LogP contribution in [0.5, 0.6) is 0 Å². The topological polar surface area (TPSA) is 110 Å². The van der Waals surface area contributed by atoms with E-state index in [-0.39, 0.29) is 18.0 Å². The van der Waals surface area contributed by atoms with Gasteiger partial charge in [0, 0.05) is 18.7 Å². The second-order valence-electron chi connectivity index (χ2n) is 8.22. The van der Waals surface area contributed by atoms with Crippen molar-refractivity contribution in [3.63, 3.8) is 0 Å². The first-order valence-electron chi connectivity index (χ1n) is 11.4. The largest absolute Gasteiger partial charge is 0.478 e. The lowest BCUT2D eigenvalue weighted by Crippen LogP contribution is -2.21. The van der Waals surface area contributed by atoms with Gasteiger partial charge in [-0.05, 0) is 47.4 Å². The fourth-order valence-corrected chi connectivity index (χ4v) is 4.07. The molecule has 7 heteroatoms. The molecule has 0 atom stereocenters. The van der Waals surface area contributed by atoms with Crippen LogP contribution in [-0.4, -0.2) is 33.1 Å². The van der Waals surface area contributed by atoms with Gasteiger partial charge in [0.05, 0.1) is 23.1 Å². The predicted molar refractivity (Wildman–Crippen MR) is 134 cm³/mol. The van der Waals surface area contributed by atoms with Crippen molar-refractivity contribution in [3.05, 3.63) is 83.7 Å². The zero-order chi connectivity index (χ0) is 24.1. The number of carboxylic acids is 1. The van der Waals surface area contributed by atoms with Crippen molar-refractivity contribution in [3.8, 4) is 11.1 Å². The Morgan fingerprint density at radius 1 is 1.06 bits per heavy atom. The summed E-state index contributed by atoms with van der Waals surface area (Å²) >= 11 is 0. The van der Waals surface area contributed by atoms with Crippen molar-refractivity contribution in [1.82, 2.24) is 9.55 Å². The molecule has 0 unspecified atom stereocenters. The van der Waals surface area contributed by atoms with Gasteiger partial charge >= 0.3 is 5.97 Å². The lowest BCUT2D eigenvalue weighted by atomic mass is 9.99. The zero-order valence-corrected chi connectivity index (χ0v) is 19.1. The average Bonchev–Trinajstić information content (AvgIpc) is 3.19. The summed E-state index contributed by atoms with van der Waals surface area (Å²) in [6.07, 6.45) is 2.96. The third-order valence-electron chi connectivity index (χ3n) is 5.81. The van der Waals surface area contributed by atoms with Crippen LogP contribution in [0.15, 0.2) is 66.7 Å². The predicted octanol–water partition coefficient (Wildman–Crippen LogP) is 4.69. The summed E-state index contributed by atoms with van der Waals surface area (Å²) < 4.78 is 2.21. The van der Waals surface area contributed by atoms with Crippen LogP contribution in [-0.2, 0) is 17.8 Å². The van der Waals surface area contributed by atoms with Gasteiger partial charge in [0.25, 0.3) is 0 Å². The van der Waals surface area contributed by atoms with E-state index >= 15 is 0 Å². The van der Waals surface area contributed by atoms with Crippen LogP contribution in [0.2, 0.25) is 0 Å². The van der Waals surface area contributed by atoms with Gasteiger partial charge in [-0.25, -0.2) is 9.78 Å². The summed E-state index contributed by atoms with van der Waals surface area (Å²) in [6, 6.07) is 20.7. The number of fused-ring (bicyclic) bond motifs is 1. The van der Waals surface area contributed by atoms with Gasteiger partial charge in [0.15, 0.2) is 0 Å². The first kappa shape index (κ1) is 23.2. The van der Waals surface area contributed by atoms with Crippen LogP contribution in [0.3, 0.4) is 0 Å². The van der Waals surface area contributed by atoms with Gasteiger partial charge in [-0.15, -0.1) is 0 Å². The number of nitrogens with one attached hydrogen (secondary N) is 1. The van der Waals surface area contributed by atoms with E-state index in [1.54, 1.807) is 12.1 Å². The van der Waals surface area contributed by atoms with E-state index in [4.69, 9.17) is 10.7 Å². The summed E-state index contributed by atoms with van der Waals surface area (Å²) in [5, 5.41) is 12.3. The molecule has 7 nitrogen and oxygen atoms in total. The molecule has 0 spiro atoms. The van der Waals surface area contributed by atoms with E-state index in [9.17, 15) is 14.7 Å². The van der Waals surface area contributed by atoms with Gasteiger partial charge in [-0.1, -0.05) is 55.8 Å². The molecule has 4 N–H and O–H groups in total. The smallest absolute Gasteiger partial charge is 0.336 e. The molecule has 3 aromatic carbocycles. The van der Waals surface area contributed by atoms with E-state index in [0.717, 1.165) is 47.2 Å². The van der Waals surface area contributed by atoms with E-state index < -0.39 is 5.97 Å². The highest BCUT2D eigenvalue weighted by atomic mass is 16.4. The highest BCUT2D eigenvalue weighted by Crippen LogP contribution is 2.26. The van der Waals surface area contributed by atoms with Crippen molar-refractivity contribution in [2.75, 3.05) is 11.9 Å². The van der Waals surface area contributed by atoms with Gasteiger partial charge in [0.1, 0.15) is 5.82 Å². The molecule has 4 rings (SSSR count). The number of aryl methyl sites for hydroxylation is 1. The Morgan fingerprint density at radius 3 is 2.53 bits per heavy atom.